The summed E-state index contributed by atoms with van der Waals surface area (Å²) in [5.74, 6) is -0.977. The van der Waals surface area contributed by atoms with Crippen molar-refractivity contribution in [3.05, 3.63) is 62.5 Å². The van der Waals surface area contributed by atoms with E-state index in [1.54, 1.807) is 6.07 Å². The number of esters is 1. The quantitative estimate of drug-likeness (QED) is 0.364. The van der Waals surface area contributed by atoms with Crippen LogP contribution in [0.2, 0.25) is 0 Å². The van der Waals surface area contributed by atoms with E-state index in [0.717, 1.165) is 11.4 Å². The number of ether oxygens (including phenoxy) is 1. The molecule has 0 aliphatic carbocycles. The largest absolute Gasteiger partial charge is 0.454 e. The number of benzene rings is 1. The highest BCUT2D eigenvalue weighted by Crippen LogP contribution is 2.19. The van der Waals surface area contributed by atoms with Crippen LogP contribution in [0.3, 0.4) is 0 Å². The normalized spacial score (nSPS) is 10.5. The Morgan fingerprint density at radius 2 is 1.88 bits per heavy atom. The number of carbonyl (C=O) groups excluding carboxylic acids is 2. The van der Waals surface area contributed by atoms with E-state index < -0.39 is 10.9 Å². The molecule has 0 spiro atoms. The third-order valence-corrected chi connectivity index (χ3v) is 4.04. The average Bonchev–Trinajstić information content (AvgIpc) is 2.79. The number of nitro groups is 1. The molecule has 1 heterocycles. The average molecular weight is 330 g/mol. The van der Waals surface area contributed by atoms with Crippen molar-refractivity contribution in [1.82, 2.24) is 4.57 Å². The van der Waals surface area contributed by atoms with Crippen LogP contribution in [0, 0.1) is 30.9 Å². The number of nitro benzene ring substituents is 1. The lowest BCUT2D eigenvalue weighted by Crippen LogP contribution is -2.15. The molecule has 24 heavy (non-hydrogen) atoms. The monoisotopic (exact) mass is 330 g/mol. The number of carbonyl (C=O) groups is 2. The zero-order chi connectivity index (χ0) is 18.0. The fraction of sp³-hybridized carbons (Fsp3) is 0.294. The maximum atomic E-state index is 12.2. The first-order valence-corrected chi connectivity index (χ1v) is 7.30. The lowest BCUT2D eigenvalue weighted by Gasteiger charge is -2.06. The molecule has 0 atom stereocenters. The van der Waals surface area contributed by atoms with E-state index in [1.807, 2.05) is 25.5 Å². The van der Waals surface area contributed by atoms with Gasteiger partial charge in [-0.2, -0.15) is 0 Å². The summed E-state index contributed by atoms with van der Waals surface area (Å²) in [4.78, 5) is 34.5. The van der Waals surface area contributed by atoms with E-state index in [0.29, 0.717) is 11.1 Å². The molecule has 7 nitrogen and oxygen atoms in total. The fourth-order valence-corrected chi connectivity index (χ4v) is 2.42. The summed E-state index contributed by atoms with van der Waals surface area (Å²) in [7, 11) is 1.85. The molecule has 0 saturated heterocycles. The van der Waals surface area contributed by atoms with Crippen molar-refractivity contribution in [2.45, 2.75) is 20.8 Å². The predicted molar refractivity (Wildman–Crippen MR) is 87.3 cm³/mol. The standard InChI is InChI=1S/C17H18N2O5/c1-10-7-13(5-6-15(10)19(22)23)17(21)24-9-16(20)14-8-11(2)18(4)12(14)3/h5-8H,9H2,1-4H3. The second kappa shape index (κ2) is 6.66. The first-order valence-electron chi connectivity index (χ1n) is 7.30. The minimum Gasteiger partial charge on any atom is -0.454 e. The minimum atomic E-state index is -0.688. The zero-order valence-electron chi connectivity index (χ0n) is 14.0. The molecule has 0 fully saturated rings. The molecule has 0 N–H and O–H groups in total. The molecular weight excluding hydrogens is 312 g/mol. The third kappa shape index (κ3) is 3.34. The summed E-state index contributed by atoms with van der Waals surface area (Å²) in [5.41, 5.74) is 2.72. The van der Waals surface area contributed by atoms with Crippen molar-refractivity contribution in [2.75, 3.05) is 6.61 Å². The Morgan fingerprint density at radius 1 is 1.21 bits per heavy atom. The molecule has 2 aromatic rings. The summed E-state index contributed by atoms with van der Waals surface area (Å²) >= 11 is 0. The van der Waals surface area contributed by atoms with Crippen LogP contribution in [0.1, 0.15) is 37.7 Å². The molecule has 0 bridgehead atoms. The fourth-order valence-electron chi connectivity index (χ4n) is 2.42. The summed E-state index contributed by atoms with van der Waals surface area (Å²) in [6.07, 6.45) is 0. The van der Waals surface area contributed by atoms with Crippen molar-refractivity contribution in [1.29, 1.82) is 0 Å². The first-order chi connectivity index (χ1) is 11.2. The third-order valence-electron chi connectivity index (χ3n) is 4.04. The number of ketones is 1. The van der Waals surface area contributed by atoms with Crippen LogP contribution in [0.5, 0.6) is 0 Å². The van der Waals surface area contributed by atoms with E-state index in [9.17, 15) is 19.7 Å². The van der Waals surface area contributed by atoms with Gasteiger partial charge in [-0.15, -0.1) is 0 Å². The van der Waals surface area contributed by atoms with Crippen molar-refractivity contribution < 1.29 is 19.2 Å². The van der Waals surface area contributed by atoms with Gasteiger partial charge in [-0.1, -0.05) is 0 Å². The molecule has 1 aromatic heterocycles. The van der Waals surface area contributed by atoms with E-state index >= 15 is 0 Å². The number of aromatic nitrogens is 1. The number of hydrogen-bond donors (Lipinski definition) is 0. The zero-order valence-corrected chi connectivity index (χ0v) is 14.0. The first kappa shape index (κ1) is 17.4. The number of Topliss-reactive ketones (excluding diaryl/α,β-unsaturated/α-hetero) is 1. The Kier molecular flexibility index (Phi) is 4.82. The Balaban J connectivity index is 2.08. The van der Waals surface area contributed by atoms with Crippen LogP contribution in [0.25, 0.3) is 0 Å². The van der Waals surface area contributed by atoms with Gasteiger partial charge in [0.15, 0.2) is 6.61 Å². The second-order valence-electron chi connectivity index (χ2n) is 5.60. The van der Waals surface area contributed by atoms with Gasteiger partial charge in [0, 0.05) is 35.6 Å². The number of rotatable bonds is 5. The Bertz CT molecular complexity index is 836. The molecule has 126 valence electrons. The predicted octanol–water partition coefficient (Wildman–Crippen LogP) is 2.90. The van der Waals surface area contributed by atoms with Gasteiger partial charge >= 0.3 is 5.97 Å². The van der Waals surface area contributed by atoms with Crippen molar-refractivity contribution in [3.63, 3.8) is 0 Å². The Hall–Kier alpha value is -2.96. The van der Waals surface area contributed by atoms with Gasteiger partial charge in [-0.25, -0.2) is 4.79 Å². The molecule has 2 rings (SSSR count). The highest BCUT2D eigenvalue weighted by molar-refractivity contribution is 6.00. The van der Waals surface area contributed by atoms with Crippen LogP contribution in [-0.4, -0.2) is 27.8 Å². The highest BCUT2D eigenvalue weighted by atomic mass is 16.6. The molecule has 1 aromatic carbocycles. The van der Waals surface area contributed by atoms with Gasteiger partial charge in [-0.3, -0.25) is 14.9 Å². The summed E-state index contributed by atoms with van der Waals surface area (Å²) in [6, 6.07) is 5.69. The smallest absolute Gasteiger partial charge is 0.338 e. The SMILES string of the molecule is Cc1cc(C(=O)OCC(=O)c2cc(C)n(C)c2C)ccc1[N+](=O)[O-]. The maximum Gasteiger partial charge on any atom is 0.338 e. The molecule has 0 aliphatic rings. The number of hydrogen-bond acceptors (Lipinski definition) is 5. The molecular formula is C17H18N2O5. The van der Waals surface area contributed by atoms with Gasteiger partial charge in [-0.05, 0) is 39.0 Å². The van der Waals surface area contributed by atoms with Crippen LogP contribution < -0.4 is 0 Å². The van der Waals surface area contributed by atoms with Crippen LogP contribution in [-0.2, 0) is 11.8 Å². The van der Waals surface area contributed by atoms with Crippen molar-refractivity contribution in [2.24, 2.45) is 7.05 Å². The van der Waals surface area contributed by atoms with Crippen LogP contribution >= 0.6 is 0 Å². The molecule has 0 amide bonds. The summed E-state index contributed by atoms with van der Waals surface area (Å²) < 4.78 is 6.92. The van der Waals surface area contributed by atoms with Crippen molar-refractivity contribution >= 4 is 17.4 Å². The van der Waals surface area contributed by atoms with Gasteiger partial charge < -0.3 is 9.30 Å². The summed E-state index contributed by atoms with van der Waals surface area (Å²) in [5, 5.41) is 10.8. The van der Waals surface area contributed by atoms with E-state index in [1.165, 1.54) is 25.1 Å². The van der Waals surface area contributed by atoms with Gasteiger partial charge in [0.25, 0.3) is 5.69 Å². The molecule has 0 saturated carbocycles. The Labute approximate surface area is 139 Å². The highest BCUT2D eigenvalue weighted by Gasteiger charge is 2.18. The number of nitrogens with zero attached hydrogens (tertiary/aromatic N) is 2. The van der Waals surface area contributed by atoms with Gasteiger partial charge in [0.2, 0.25) is 5.78 Å². The lowest BCUT2D eigenvalue weighted by molar-refractivity contribution is -0.385. The maximum absolute atomic E-state index is 12.2. The van der Waals surface area contributed by atoms with Gasteiger partial charge in [0.1, 0.15) is 0 Å². The molecule has 0 unspecified atom stereocenters. The van der Waals surface area contributed by atoms with E-state index in [2.05, 4.69) is 0 Å². The minimum absolute atomic E-state index is 0.0713. The Morgan fingerprint density at radius 3 is 2.38 bits per heavy atom. The van der Waals surface area contributed by atoms with E-state index in [4.69, 9.17) is 4.74 Å². The van der Waals surface area contributed by atoms with Crippen molar-refractivity contribution in [3.8, 4) is 0 Å². The molecule has 7 heteroatoms. The molecule has 0 aliphatic heterocycles. The van der Waals surface area contributed by atoms with Crippen LogP contribution in [0.15, 0.2) is 24.3 Å². The topological polar surface area (TPSA) is 91.4 Å². The second-order valence-corrected chi connectivity index (χ2v) is 5.60. The number of aryl methyl sites for hydroxylation is 2. The van der Waals surface area contributed by atoms with Gasteiger partial charge in [0.05, 0.1) is 10.5 Å². The van der Waals surface area contributed by atoms with E-state index in [-0.39, 0.29) is 23.6 Å². The lowest BCUT2D eigenvalue weighted by atomic mass is 10.1. The molecule has 0 radical (unpaired) electrons. The summed E-state index contributed by atoms with van der Waals surface area (Å²) in [6.45, 7) is 4.87. The van der Waals surface area contributed by atoms with Crippen LogP contribution in [0.4, 0.5) is 5.69 Å².